The summed E-state index contributed by atoms with van der Waals surface area (Å²) in [6, 6.07) is 0.618. The maximum Gasteiger partial charge on any atom is 0.233 e. The van der Waals surface area contributed by atoms with Crippen molar-refractivity contribution in [3.63, 3.8) is 0 Å². The molecule has 0 aliphatic heterocycles. The van der Waals surface area contributed by atoms with Gasteiger partial charge in [0.25, 0.3) is 0 Å². The van der Waals surface area contributed by atoms with Crippen LogP contribution in [0.5, 0.6) is 5.88 Å². The molecule has 1 aliphatic rings. The van der Waals surface area contributed by atoms with Crippen molar-refractivity contribution in [2.75, 3.05) is 25.1 Å². The molecule has 0 aromatic carbocycles. The van der Waals surface area contributed by atoms with Gasteiger partial charge in [-0.05, 0) is 25.8 Å². The number of hydrogen-bond acceptors (Lipinski definition) is 5. The van der Waals surface area contributed by atoms with Gasteiger partial charge >= 0.3 is 0 Å². The van der Waals surface area contributed by atoms with Crippen LogP contribution in [0, 0.1) is 0 Å². The third-order valence-electron chi connectivity index (χ3n) is 2.69. The van der Waals surface area contributed by atoms with Crippen LogP contribution in [0.25, 0.3) is 0 Å². The standard InChI is InChI=1S/C11H18N4O/c1-16-11-8-13-7-10(14-11)15(6-2-5-12)9-3-4-9/h7-9H,2-6,12H2,1H3. The molecule has 0 unspecified atom stereocenters. The maximum absolute atomic E-state index is 5.54. The minimum Gasteiger partial charge on any atom is -0.480 e. The smallest absolute Gasteiger partial charge is 0.233 e. The molecule has 0 spiro atoms. The Morgan fingerprint density at radius 2 is 2.31 bits per heavy atom. The van der Waals surface area contributed by atoms with E-state index in [4.69, 9.17) is 10.5 Å². The van der Waals surface area contributed by atoms with Gasteiger partial charge in [-0.3, -0.25) is 4.98 Å². The highest BCUT2D eigenvalue weighted by atomic mass is 16.5. The quantitative estimate of drug-likeness (QED) is 0.771. The molecule has 1 fully saturated rings. The lowest BCUT2D eigenvalue weighted by atomic mass is 10.3. The van der Waals surface area contributed by atoms with E-state index in [1.165, 1.54) is 12.8 Å². The predicted octanol–water partition coefficient (Wildman–Crippen LogP) is 0.803. The van der Waals surface area contributed by atoms with Gasteiger partial charge in [0, 0.05) is 12.6 Å². The third-order valence-corrected chi connectivity index (χ3v) is 2.69. The van der Waals surface area contributed by atoms with Gasteiger partial charge in [0.2, 0.25) is 5.88 Å². The summed E-state index contributed by atoms with van der Waals surface area (Å²) < 4.78 is 5.08. The normalized spacial score (nSPS) is 14.9. The van der Waals surface area contributed by atoms with E-state index in [1.807, 2.05) is 0 Å². The fourth-order valence-corrected chi connectivity index (χ4v) is 1.71. The first-order valence-corrected chi connectivity index (χ1v) is 5.68. The van der Waals surface area contributed by atoms with Crippen LogP contribution >= 0.6 is 0 Å². The number of anilines is 1. The zero-order valence-corrected chi connectivity index (χ0v) is 9.59. The van der Waals surface area contributed by atoms with Crippen molar-refractivity contribution in [3.05, 3.63) is 12.4 Å². The van der Waals surface area contributed by atoms with E-state index >= 15 is 0 Å². The Balaban J connectivity index is 2.10. The van der Waals surface area contributed by atoms with Crippen LogP contribution in [0.4, 0.5) is 5.82 Å². The second-order valence-electron chi connectivity index (χ2n) is 3.99. The number of nitrogens with two attached hydrogens (primary N) is 1. The second kappa shape index (κ2) is 5.12. The Labute approximate surface area is 95.6 Å². The van der Waals surface area contributed by atoms with Gasteiger partial charge < -0.3 is 15.4 Å². The van der Waals surface area contributed by atoms with Gasteiger partial charge in [-0.2, -0.15) is 4.98 Å². The highest BCUT2D eigenvalue weighted by Gasteiger charge is 2.29. The molecule has 1 heterocycles. The van der Waals surface area contributed by atoms with E-state index in [0.717, 1.165) is 18.8 Å². The minimum absolute atomic E-state index is 0.566. The Morgan fingerprint density at radius 3 is 2.94 bits per heavy atom. The number of aromatic nitrogens is 2. The molecule has 16 heavy (non-hydrogen) atoms. The van der Waals surface area contributed by atoms with E-state index in [9.17, 15) is 0 Å². The van der Waals surface area contributed by atoms with E-state index < -0.39 is 0 Å². The lowest BCUT2D eigenvalue weighted by molar-refractivity contribution is 0.395. The number of nitrogens with zero attached hydrogens (tertiary/aromatic N) is 3. The average molecular weight is 222 g/mol. The van der Waals surface area contributed by atoms with Crippen LogP contribution in [-0.2, 0) is 0 Å². The number of hydrogen-bond donors (Lipinski definition) is 1. The highest BCUT2D eigenvalue weighted by Crippen LogP contribution is 2.30. The van der Waals surface area contributed by atoms with Crippen molar-refractivity contribution >= 4 is 5.82 Å². The molecule has 0 radical (unpaired) electrons. The first-order valence-electron chi connectivity index (χ1n) is 5.68. The van der Waals surface area contributed by atoms with Gasteiger partial charge in [-0.1, -0.05) is 0 Å². The fraction of sp³-hybridized carbons (Fsp3) is 0.636. The molecule has 5 heteroatoms. The second-order valence-corrected chi connectivity index (χ2v) is 3.99. The summed E-state index contributed by atoms with van der Waals surface area (Å²) in [7, 11) is 1.61. The van der Waals surface area contributed by atoms with Crippen LogP contribution < -0.4 is 15.4 Å². The van der Waals surface area contributed by atoms with E-state index in [2.05, 4.69) is 14.9 Å². The molecule has 1 aromatic heterocycles. The van der Waals surface area contributed by atoms with E-state index in [1.54, 1.807) is 19.5 Å². The molecule has 1 aromatic rings. The Hall–Kier alpha value is -1.36. The Morgan fingerprint density at radius 1 is 1.50 bits per heavy atom. The zero-order chi connectivity index (χ0) is 11.4. The molecule has 88 valence electrons. The van der Waals surface area contributed by atoms with Crippen molar-refractivity contribution in [2.45, 2.75) is 25.3 Å². The van der Waals surface area contributed by atoms with Crippen molar-refractivity contribution in [1.29, 1.82) is 0 Å². The molecule has 0 atom stereocenters. The molecule has 2 rings (SSSR count). The molecule has 1 saturated carbocycles. The van der Waals surface area contributed by atoms with Gasteiger partial charge in [-0.15, -0.1) is 0 Å². The summed E-state index contributed by atoms with van der Waals surface area (Å²) >= 11 is 0. The largest absolute Gasteiger partial charge is 0.480 e. The molecule has 1 aliphatic carbocycles. The highest BCUT2D eigenvalue weighted by molar-refractivity contribution is 5.40. The predicted molar refractivity (Wildman–Crippen MR) is 62.6 cm³/mol. The monoisotopic (exact) mass is 222 g/mol. The number of ether oxygens (including phenoxy) is 1. The molecule has 2 N–H and O–H groups in total. The first kappa shape index (κ1) is 11.1. The summed E-state index contributed by atoms with van der Waals surface area (Å²) in [6.07, 6.45) is 6.87. The van der Waals surface area contributed by atoms with E-state index in [0.29, 0.717) is 18.5 Å². The Bertz CT molecular complexity index is 341. The number of rotatable bonds is 6. The fourth-order valence-electron chi connectivity index (χ4n) is 1.71. The van der Waals surface area contributed by atoms with Gasteiger partial charge in [0.05, 0.1) is 19.5 Å². The van der Waals surface area contributed by atoms with Crippen molar-refractivity contribution < 1.29 is 4.74 Å². The van der Waals surface area contributed by atoms with Gasteiger partial charge in [0.15, 0.2) is 5.82 Å². The SMILES string of the molecule is COc1cncc(N(CCCN)C2CC2)n1. The van der Waals surface area contributed by atoms with Crippen molar-refractivity contribution in [1.82, 2.24) is 9.97 Å². The third kappa shape index (κ3) is 2.61. The van der Waals surface area contributed by atoms with Crippen LogP contribution in [0.15, 0.2) is 12.4 Å². The topological polar surface area (TPSA) is 64.3 Å². The first-order chi connectivity index (χ1) is 7.85. The van der Waals surface area contributed by atoms with Crippen LogP contribution in [0.2, 0.25) is 0 Å². The summed E-state index contributed by atoms with van der Waals surface area (Å²) in [4.78, 5) is 10.8. The summed E-state index contributed by atoms with van der Waals surface area (Å²) in [5.74, 6) is 1.46. The molecular weight excluding hydrogens is 204 g/mol. The summed E-state index contributed by atoms with van der Waals surface area (Å²) in [5.41, 5.74) is 5.54. The molecule has 5 nitrogen and oxygen atoms in total. The van der Waals surface area contributed by atoms with Crippen LogP contribution in [0.3, 0.4) is 0 Å². The zero-order valence-electron chi connectivity index (χ0n) is 9.59. The van der Waals surface area contributed by atoms with Gasteiger partial charge in [0.1, 0.15) is 0 Å². The average Bonchev–Trinajstić information content (AvgIpc) is 3.14. The molecule has 0 saturated heterocycles. The van der Waals surface area contributed by atoms with Crippen LogP contribution in [0.1, 0.15) is 19.3 Å². The van der Waals surface area contributed by atoms with Crippen molar-refractivity contribution in [2.24, 2.45) is 5.73 Å². The molecule has 0 amide bonds. The lowest BCUT2D eigenvalue weighted by Gasteiger charge is -2.22. The Kier molecular flexibility index (Phi) is 3.56. The van der Waals surface area contributed by atoms with Gasteiger partial charge in [-0.25, -0.2) is 0 Å². The number of methoxy groups -OCH3 is 1. The van der Waals surface area contributed by atoms with Crippen molar-refractivity contribution in [3.8, 4) is 5.88 Å². The summed E-state index contributed by atoms with van der Waals surface area (Å²) in [6.45, 7) is 1.66. The van der Waals surface area contributed by atoms with Crippen LogP contribution in [-0.4, -0.2) is 36.2 Å². The maximum atomic E-state index is 5.54. The summed E-state index contributed by atoms with van der Waals surface area (Å²) in [5, 5.41) is 0. The van der Waals surface area contributed by atoms with E-state index in [-0.39, 0.29) is 0 Å². The minimum atomic E-state index is 0.566. The molecule has 0 bridgehead atoms. The molecular formula is C11H18N4O. The lowest BCUT2D eigenvalue weighted by Crippen LogP contribution is -2.29.